The summed E-state index contributed by atoms with van der Waals surface area (Å²) in [6, 6.07) is 101. The highest BCUT2D eigenvalue weighted by molar-refractivity contribution is 7.03. The van der Waals surface area contributed by atoms with Crippen molar-refractivity contribution in [1.82, 2.24) is 14.1 Å². The normalized spacial score (nSPS) is 14.0. The van der Waals surface area contributed by atoms with E-state index in [1.807, 2.05) is 0 Å². The Kier molecular flexibility index (Phi) is 10.1. The third kappa shape index (κ3) is 6.62. The van der Waals surface area contributed by atoms with Gasteiger partial charge in [0.15, 0.2) is 0 Å². The molecule has 0 saturated carbocycles. The number of pyridine rings is 1. The van der Waals surface area contributed by atoms with E-state index in [1.54, 1.807) is 0 Å². The van der Waals surface area contributed by atoms with E-state index in [-0.39, 0.29) is 13.4 Å². The molecular formula is C77H51B2N7. The molecule has 400 valence electrons. The van der Waals surface area contributed by atoms with Crippen molar-refractivity contribution < 1.29 is 0 Å². The van der Waals surface area contributed by atoms with Crippen molar-refractivity contribution in [2.45, 2.75) is 12.8 Å². The molecule has 7 nitrogen and oxygen atoms in total. The van der Waals surface area contributed by atoms with E-state index in [1.165, 1.54) is 76.9 Å². The smallest absolute Gasteiger partial charge is 0.254 e. The van der Waals surface area contributed by atoms with Crippen molar-refractivity contribution in [3.8, 4) is 11.5 Å². The van der Waals surface area contributed by atoms with E-state index in [0.29, 0.717) is 0 Å². The minimum Gasteiger partial charge on any atom is -0.311 e. The SMILES string of the molecule is C1=Cc2c(c3ccccc3n2-c2cc3c4c(n2)N(c2ccccc2)c2cc5c(cc2B4c2ccccc2N3c2ccccc2)B2c3ccccc3N(c3ccccc3)c3cc(-n4c6ccccc6c6ccccc64)cc(c32)N5c2ccccc2)CC1. The van der Waals surface area contributed by atoms with Crippen molar-refractivity contribution in [1.29, 1.82) is 0 Å². The number of hydrogen-bond acceptors (Lipinski definition) is 5. The van der Waals surface area contributed by atoms with Gasteiger partial charge in [-0.2, -0.15) is 0 Å². The Hall–Kier alpha value is -11.0. The van der Waals surface area contributed by atoms with Gasteiger partial charge in [0.1, 0.15) is 11.6 Å². The van der Waals surface area contributed by atoms with Crippen LogP contribution in [-0.2, 0) is 6.42 Å². The Morgan fingerprint density at radius 2 is 0.744 bits per heavy atom. The number of para-hydroxylation sites is 9. The fourth-order valence-corrected chi connectivity index (χ4v) is 15.5. The zero-order valence-corrected chi connectivity index (χ0v) is 46.8. The third-order valence-corrected chi connectivity index (χ3v) is 18.9. The van der Waals surface area contributed by atoms with Crippen LogP contribution in [0.5, 0.6) is 0 Å². The lowest BCUT2D eigenvalue weighted by atomic mass is 9.30. The molecule has 86 heavy (non-hydrogen) atoms. The summed E-state index contributed by atoms with van der Waals surface area (Å²) < 4.78 is 4.92. The summed E-state index contributed by atoms with van der Waals surface area (Å²) in [4.78, 5) is 16.2. The number of benzene rings is 11. The maximum atomic E-state index is 6.10. The summed E-state index contributed by atoms with van der Waals surface area (Å²) in [7, 11) is 0. The first-order valence-electron chi connectivity index (χ1n) is 30.0. The average Bonchev–Trinajstić information content (AvgIpc) is 1.03. The number of rotatable bonds is 6. The standard InChI is InChI=1S/C77H51B2N7/c1-5-25-50(26-6-1)81-67-43-23-17-37-59(67)78-61-47-62-70(48-69(61)83(52-29-9-3-10-30-52)72-46-54(45-71(81)75(72)78)84-63-39-19-13-33-55(63)56-34-14-20-40-64(56)84)85(53-31-11-4-12-32-53)77-76-73(82(51-27-7-2-8-28-51)68-44-24-18-38-60(68)79(62)76)49-74(80-77)86-65-41-21-15-35-57(65)58-36-16-22-42-66(58)86/h1-15,17-35,37-49H,16,36H2. The molecule has 3 aromatic heterocycles. The largest absolute Gasteiger partial charge is 0.311 e. The van der Waals surface area contributed by atoms with Crippen LogP contribution in [0.4, 0.5) is 68.4 Å². The molecule has 7 heterocycles. The minimum absolute atomic E-state index is 0.143. The van der Waals surface area contributed by atoms with Crippen LogP contribution in [0.25, 0.3) is 50.3 Å². The molecule has 0 atom stereocenters. The molecular weight excluding hydrogens is 1040 g/mol. The van der Waals surface area contributed by atoms with Crippen LogP contribution in [0.15, 0.2) is 279 Å². The first-order chi connectivity index (χ1) is 42.7. The maximum absolute atomic E-state index is 6.10. The van der Waals surface area contributed by atoms with E-state index in [0.717, 1.165) is 92.6 Å². The topological polar surface area (TPSA) is 35.7 Å². The van der Waals surface area contributed by atoms with Crippen LogP contribution in [0.1, 0.15) is 17.7 Å². The maximum Gasteiger partial charge on any atom is 0.254 e. The number of hydrogen-bond donors (Lipinski definition) is 0. The Bertz CT molecular complexity index is 5120. The number of allylic oxidation sites excluding steroid dienone is 1. The van der Waals surface area contributed by atoms with Gasteiger partial charge >= 0.3 is 0 Å². The van der Waals surface area contributed by atoms with Gasteiger partial charge < -0.3 is 19.3 Å². The molecule has 14 aromatic rings. The number of fused-ring (bicyclic) bond motifs is 14. The molecule has 11 aromatic carbocycles. The lowest BCUT2D eigenvalue weighted by Gasteiger charge is -2.47. The van der Waals surface area contributed by atoms with Gasteiger partial charge in [0, 0.05) is 84.8 Å². The zero-order chi connectivity index (χ0) is 56.1. The van der Waals surface area contributed by atoms with Crippen LogP contribution < -0.4 is 52.4 Å². The average molecular weight is 1100 g/mol. The van der Waals surface area contributed by atoms with Crippen molar-refractivity contribution >= 4 is 153 Å². The molecule has 19 rings (SSSR count). The molecule has 0 spiro atoms. The lowest BCUT2D eigenvalue weighted by Crippen LogP contribution is -2.65. The third-order valence-electron chi connectivity index (χ3n) is 18.9. The summed E-state index contributed by atoms with van der Waals surface area (Å²) in [6.07, 6.45) is 6.65. The fourth-order valence-electron chi connectivity index (χ4n) is 15.5. The van der Waals surface area contributed by atoms with E-state index < -0.39 is 0 Å². The first-order valence-corrected chi connectivity index (χ1v) is 30.0. The van der Waals surface area contributed by atoms with Crippen LogP contribution in [0.2, 0.25) is 0 Å². The monoisotopic (exact) mass is 1100 g/mol. The van der Waals surface area contributed by atoms with Gasteiger partial charge in [0.25, 0.3) is 13.4 Å². The lowest BCUT2D eigenvalue weighted by molar-refractivity contribution is 0.950. The molecule has 0 N–H and O–H groups in total. The second-order valence-corrected chi connectivity index (χ2v) is 23.3. The van der Waals surface area contributed by atoms with Crippen molar-refractivity contribution in [2.24, 2.45) is 0 Å². The van der Waals surface area contributed by atoms with Gasteiger partial charge in [-0.25, -0.2) is 4.98 Å². The quantitative estimate of drug-likeness (QED) is 0.155. The van der Waals surface area contributed by atoms with Crippen molar-refractivity contribution in [3.05, 3.63) is 290 Å². The first kappa shape index (κ1) is 47.5. The predicted molar refractivity (Wildman–Crippen MR) is 361 cm³/mol. The minimum atomic E-state index is -0.184. The van der Waals surface area contributed by atoms with Gasteiger partial charge in [0.05, 0.1) is 27.9 Å². The van der Waals surface area contributed by atoms with Gasteiger partial charge in [-0.3, -0.25) is 9.47 Å². The van der Waals surface area contributed by atoms with Crippen LogP contribution in [-0.4, -0.2) is 27.5 Å². The van der Waals surface area contributed by atoms with Crippen molar-refractivity contribution in [2.75, 3.05) is 19.6 Å². The highest BCUT2D eigenvalue weighted by atomic mass is 15.3. The molecule has 0 saturated heterocycles. The highest BCUT2D eigenvalue weighted by Gasteiger charge is 2.49. The molecule has 4 aliphatic heterocycles. The van der Waals surface area contributed by atoms with E-state index >= 15 is 0 Å². The van der Waals surface area contributed by atoms with E-state index in [9.17, 15) is 0 Å². The Morgan fingerprint density at radius 1 is 0.314 bits per heavy atom. The molecule has 0 amide bonds. The molecule has 9 heteroatoms. The molecule has 0 bridgehead atoms. The number of aryl methyl sites for hydroxylation is 1. The van der Waals surface area contributed by atoms with Crippen LogP contribution in [0.3, 0.4) is 0 Å². The van der Waals surface area contributed by atoms with Crippen LogP contribution in [0, 0.1) is 0 Å². The second kappa shape index (κ2) is 18.2. The Labute approximate surface area is 499 Å². The molecule has 0 fully saturated rings. The van der Waals surface area contributed by atoms with Gasteiger partial charge in [0.2, 0.25) is 0 Å². The van der Waals surface area contributed by atoms with Gasteiger partial charge in [-0.05, 0) is 154 Å². The number of nitrogens with zero attached hydrogens (tertiary/aromatic N) is 7. The Balaban J connectivity index is 0.946. The Morgan fingerprint density at radius 3 is 1.30 bits per heavy atom. The highest BCUT2D eigenvalue weighted by Crippen LogP contribution is 2.50. The summed E-state index contributed by atoms with van der Waals surface area (Å²) in [5, 5.41) is 3.74. The van der Waals surface area contributed by atoms with Crippen molar-refractivity contribution in [3.63, 3.8) is 0 Å². The van der Waals surface area contributed by atoms with E-state index in [2.05, 4.69) is 314 Å². The molecule has 0 unspecified atom stereocenters. The number of anilines is 12. The van der Waals surface area contributed by atoms with Crippen LogP contribution >= 0.6 is 0 Å². The molecule has 5 aliphatic rings. The summed E-state index contributed by atoms with van der Waals surface area (Å²) in [5.41, 5.74) is 27.0. The molecule has 0 radical (unpaired) electrons. The van der Waals surface area contributed by atoms with Gasteiger partial charge in [-0.1, -0.05) is 176 Å². The van der Waals surface area contributed by atoms with Gasteiger partial charge in [-0.15, -0.1) is 0 Å². The summed E-state index contributed by atoms with van der Waals surface area (Å²) >= 11 is 0. The van der Waals surface area contributed by atoms with E-state index in [4.69, 9.17) is 4.98 Å². The number of aromatic nitrogens is 3. The fraction of sp³-hybridized carbons (Fsp3) is 0.0260. The summed E-state index contributed by atoms with van der Waals surface area (Å²) in [5.74, 6) is 1.80. The zero-order valence-electron chi connectivity index (χ0n) is 46.8. The summed E-state index contributed by atoms with van der Waals surface area (Å²) in [6.45, 7) is -0.326. The molecule has 1 aliphatic carbocycles. The second-order valence-electron chi connectivity index (χ2n) is 23.3. The predicted octanol–water partition coefficient (Wildman–Crippen LogP) is 15.2.